The first kappa shape index (κ1) is 19.0. The average molecular weight is 427 g/mol. The lowest BCUT2D eigenvalue weighted by atomic mass is 10.2. The molecule has 0 fully saturated rings. The van der Waals surface area contributed by atoms with Crippen LogP contribution < -0.4 is 10.0 Å². The maximum Gasteiger partial charge on any atom is 0.261 e. The van der Waals surface area contributed by atoms with E-state index < -0.39 is 15.8 Å². The molecule has 3 aromatic carbocycles. The number of hydrogen-bond donors (Lipinski definition) is 2. The molecule has 4 aromatic rings. The lowest BCUT2D eigenvalue weighted by Gasteiger charge is -2.07. The highest BCUT2D eigenvalue weighted by Crippen LogP contribution is 2.29. The van der Waals surface area contributed by atoms with E-state index in [0.29, 0.717) is 21.9 Å². The van der Waals surface area contributed by atoms with Crippen molar-refractivity contribution in [2.45, 2.75) is 4.90 Å². The van der Waals surface area contributed by atoms with Gasteiger partial charge in [0.1, 0.15) is 5.82 Å². The molecule has 1 heterocycles. The Kier molecular flexibility index (Phi) is 4.99. The van der Waals surface area contributed by atoms with E-state index in [4.69, 9.17) is 0 Å². The Morgan fingerprint density at radius 1 is 0.966 bits per heavy atom. The van der Waals surface area contributed by atoms with Crippen LogP contribution in [0.1, 0.15) is 10.4 Å². The van der Waals surface area contributed by atoms with E-state index in [1.165, 1.54) is 23.5 Å². The second-order valence-electron chi connectivity index (χ2n) is 6.08. The molecule has 2 N–H and O–H groups in total. The predicted octanol–water partition coefficient (Wildman–Crippen LogP) is 4.49. The van der Waals surface area contributed by atoms with Crippen molar-refractivity contribution < 1.29 is 17.6 Å². The molecule has 6 nitrogen and oxygen atoms in total. The second-order valence-corrected chi connectivity index (χ2v) is 8.79. The van der Waals surface area contributed by atoms with Gasteiger partial charge in [0.2, 0.25) is 0 Å². The van der Waals surface area contributed by atoms with Gasteiger partial charge in [0.25, 0.3) is 15.9 Å². The summed E-state index contributed by atoms with van der Waals surface area (Å²) in [6.45, 7) is 0. The van der Waals surface area contributed by atoms with Crippen LogP contribution in [-0.4, -0.2) is 19.3 Å². The third-order valence-electron chi connectivity index (χ3n) is 4.02. The molecule has 29 heavy (non-hydrogen) atoms. The number of halogens is 1. The van der Waals surface area contributed by atoms with Crippen molar-refractivity contribution in [2.75, 3.05) is 10.0 Å². The van der Waals surface area contributed by atoms with Crippen LogP contribution in [0.2, 0.25) is 0 Å². The van der Waals surface area contributed by atoms with Gasteiger partial charge in [0, 0.05) is 5.56 Å². The van der Waals surface area contributed by atoms with Gasteiger partial charge < -0.3 is 0 Å². The molecule has 1 aromatic heterocycles. The summed E-state index contributed by atoms with van der Waals surface area (Å²) in [5, 5.41) is 3.15. The summed E-state index contributed by atoms with van der Waals surface area (Å²) in [5.74, 6) is -0.792. The smallest absolute Gasteiger partial charge is 0.261 e. The van der Waals surface area contributed by atoms with Crippen molar-refractivity contribution >= 4 is 48.3 Å². The zero-order valence-electron chi connectivity index (χ0n) is 14.8. The zero-order chi connectivity index (χ0) is 20.4. The van der Waals surface area contributed by atoms with Crippen LogP contribution in [0.15, 0.2) is 77.7 Å². The van der Waals surface area contributed by atoms with E-state index in [-0.39, 0.29) is 10.8 Å². The number of nitrogens with one attached hydrogen (secondary N) is 2. The maximum absolute atomic E-state index is 13.0. The molecule has 1 amide bonds. The minimum Gasteiger partial charge on any atom is -0.298 e. The van der Waals surface area contributed by atoms with Gasteiger partial charge in [-0.25, -0.2) is 17.8 Å². The largest absolute Gasteiger partial charge is 0.298 e. The molecule has 0 radical (unpaired) electrons. The summed E-state index contributed by atoms with van der Waals surface area (Å²) < 4.78 is 41.2. The van der Waals surface area contributed by atoms with E-state index in [2.05, 4.69) is 15.0 Å². The molecule has 4 rings (SSSR count). The van der Waals surface area contributed by atoms with E-state index in [1.807, 2.05) is 6.07 Å². The Morgan fingerprint density at radius 2 is 1.69 bits per heavy atom. The van der Waals surface area contributed by atoms with Crippen LogP contribution in [-0.2, 0) is 10.0 Å². The number of carbonyl (C=O) groups excluding carboxylic acids is 1. The van der Waals surface area contributed by atoms with Gasteiger partial charge >= 0.3 is 0 Å². The first-order valence-corrected chi connectivity index (χ1v) is 10.8. The Balaban J connectivity index is 1.55. The standard InChI is InChI=1S/C20H14FN3O3S2/c21-14-6-9-16(10-7-14)29(26,27)24-15-8-11-18-17(12-15)22-20(28-18)23-19(25)13-4-2-1-3-5-13/h1-12,24H,(H,22,23,25). The Bertz CT molecular complexity index is 1290. The van der Waals surface area contributed by atoms with Gasteiger partial charge in [0.05, 0.1) is 20.8 Å². The van der Waals surface area contributed by atoms with Gasteiger partial charge in [-0.3, -0.25) is 14.8 Å². The van der Waals surface area contributed by atoms with Crippen LogP contribution in [0, 0.1) is 5.82 Å². The van der Waals surface area contributed by atoms with Crippen LogP contribution in [0.5, 0.6) is 0 Å². The van der Waals surface area contributed by atoms with Crippen LogP contribution in [0.25, 0.3) is 10.2 Å². The summed E-state index contributed by atoms with van der Waals surface area (Å²) in [4.78, 5) is 16.6. The number of rotatable bonds is 5. The van der Waals surface area contributed by atoms with Gasteiger partial charge in [-0.2, -0.15) is 0 Å². The van der Waals surface area contributed by atoms with Crippen LogP contribution in [0.4, 0.5) is 15.2 Å². The molecule has 9 heteroatoms. The summed E-state index contributed by atoms with van der Waals surface area (Å²) >= 11 is 1.28. The Morgan fingerprint density at radius 3 is 2.41 bits per heavy atom. The number of anilines is 2. The molecule has 0 spiro atoms. The first-order chi connectivity index (χ1) is 13.9. The SMILES string of the molecule is O=C(Nc1nc2cc(NS(=O)(=O)c3ccc(F)cc3)ccc2s1)c1ccccc1. The predicted molar refractivity (Wildman–Crippen MR) is 111 cm³/mol. The van der Waals surface area contributed by atoms with Crippen molar-refractivity contribution in [1.82, 2.24) is 4.98 Å². The van der Waals surface area contributed by atoms with Gasteiger partial charge in [-0.15, -0.1) is 0 Å². The number of benzene rings is 3. The lowest BCUT2D eigenvalue weighted by molar-refractivity contribution is 0.102. The minimum absolute atomic E-state index is 0.0481. The fraction of sp³-hybridized carbons (Fsp3) is 0. The van der Waals surface area contributed by atoms with E-state index in [9.17, 15) is 17.6 Å². The fourth-order valence-electron chi connectivity index (χ4n) is 2.63. The van der Waals surface area contributed by atoms with E-state index in [0.717, 1.165) is 16.8 Å². The van der Waals surface area contributed by atoms with Crippen LogP contribution in [0.3, 0.4) is 0 Å². The van der Waals surface area contributed by atoms with E-state index >= 15 is 0 Å². The lowest BCUT2D eigenvalue weighted by Crippen LogP contribution is -2.12. The first-order valence-electron chi connectivity index (χ1n) is 8.46. The number of aromatic nitrogens is 1. The van der Waals surface area contributed by atoms with Crippen molar-refractivity contribution in [3.05, 3.63) is 84.2 Å². The topological polar surface area (TPSA) is 88.2 Å². The Labute approximate surface area is 170 Å². The molecule has 146 valence electrons. The van der Waals surface area contributed by atoms with Crippen molar-refractivity contribution in [2.24, 2.45) is 0 Å². The summed E-state index contributed by atoms with van der Waals surface area (Å²) in [5.41, 5.74) is 1.37. The molecule has 0 aliphatic rings. The molecule has 0 atom stereocenters. The molecule has 0 bridgehead atoms. The molecule has 0 saturated carbocycles. The number of fused-ring (bicyclic) bond motifs is 1. The summed E-state index contributed by atoms with van der Waals surface area (Å²) in [6, 6.07) is 18.2. The van der Waals surface area contributed by atoms with Crippen molar-refractivity contribution in [3.8, 4) is 0 Å². The number of amides is 1. The molecule has 0 saturated heterocycles. The molecule has 0 unspecified atom stereocenters. The van der Waals surface area contributed by atoms with Crippen LogP contribution >= 0.6 is 11.3 Å². The van der Waals surface area contributed by atoms with Gasteiger partial charge in [-0.1, -0.05) is 29.5 Å². The number of carbonyl (C=O) groups is 1. The maximum atomic E-state index is 13.0. The number of thiazole rings is 1. The highest BCUT2D eigenvalue weighted by molar-refractivity contribution is 7.92. The quantitative estimate of drug-likeness (QED) is 0.491. The second kappa shape index (κ2) is 7.61. The number of nitrogens with zero attached hydrogens (tertiary/aromatic N) is 1. The zero-order valence-corrected chi connectivity index (χ0v) is 16.4. The summed E-state index contributed by atoms with van der Waals surface area (Å²) in [7, 11) is -3.86. The van der Waals surface area contributed by atoms with Crippen molar-refractivity contribution in [1.29, 1.82) is 0 Å². The Hall–Kier alpha value is -3.30. The molecular weight excluding hydrogens is 413 g/mol. The van der Waals surface area contributed by atoms with Gasteiger partial charge in [-0.05, 0) is 54.6 Å². The molecule has 0 aliphatic carbocycles. The summed E-state index contributed by atoms with van der Waals surface area (Å²) in [6.07, 6.45) is 0. The normalized spacial score (nSPS) is 11.3. The van der Waals surface area contributed by atoms with E-state index in [1.54, 1.807) is 42.5 Å². The number of sulfonamides is 1. The molecular formula is C20H14FN3O3S2. The third-order valence-corrected chi connectivity index (χ3v) is 6.37. The molecule has 0 aliphatic heterocycles. The van der Waals surface area contributed by atoms with Gasteiger partial charge in [0.15, 0.2) is 5.13 Å². The highest BCUT2D eigenvalue weighted by atomic mass is 32.2. The fourth-order valence-corrected chi connectivity index (χ4v) is 4.52. The third kappa shape index (κ3) is 4.25. The van der Waals surface area contributed by atoms with Crippen molar-refractivity contribution in [3.63, 3.8) is 0 Å². The number of hydrogen-bond acceptors (Lipinski definition) is 5. The average Bonchev–Trinajstić information content (AvgIpc) is 3.10. The highest BCUT2D eigenvalue weighted by Gasteiger charge is 2.15. The minimum atomic E-state index is -3.86. The monoisotopic (exact) mass is 427 g/mol.